The molecule has 1 aliphatic heterocycles. The van der Waals surface area contributed by atoms with Crippen LogP contribution >= 0.6 is 35.6 Å². The molecule has 5 nitrogen and oxygen atoms in total. The van der Waals surface area contributed by atoms with Gasteiger partial charge in [-0.2, -0.15) is 0 Å². The molecule has 2 rings (SSSR count). The zero-order valence-corrected chi connectivity index (χ0v) is 11.7. The van der Waals surface area contributed by atoms with Crippen molar-refractivity contribution in [2.75, 3.05) is 31.1 Å². The predicted molar refractivity (Wildman–Crippen MR) is 75.4 cm³/mol. The van der Waals surface area contributed by atoms with E-state index in [1.807, 2.05) is 4.90 Å². The van der Waals surface area contributed by atoms with E-state index in [0.717, 1.165) is 26.2 Å². The number of nitrogens with one attached hydrogen (secondary N) is 1. The fraction of sp³-hybridized carbons (Fsp3) is 0.400. The lowest BCUT2D eigenvalue weighted by molar-refractivity contribution is -0.384. The molecule has 100 valence electrons. The van der Waals surface area contributed by atoms with Crippen LogP contribution in [0.25, 0.3) is 0 Å². The van der Waals surface area contributed by atoms with Gasteiger partial charge in [-0.3, -0.25) is 10.1 Å². The number of anilines is 1. The summed E-state index contributed by atoms with van der Waals surface area (Å²) < 4.78 is 0. The van der Waals surface area contributed by atoms with E-state index in [0.29, 0.717) is 15.7 Å². The lowest BCUT2D eigenvalue weighted by Crippen LogP contribution is -2.43. The molecule has 1 heterocycles. The Kier molecular flexibility index (Phi) is 5.47. The van der Waals surface area contributed by atoms with E-state index >= 15 is 0 Å². The van der Waals surface area contributed by atoms with Crippen LogP contribution in [-0.4, -0.2) is 31.1 Å². The molecular weight excluding hydrogens is 300 g/mol. The second kappa shape index (κ2) is 6.43. The van der Waals surface area contributed by atoms with Gasteiger partial charge in [-0.15, -0.1) is 12.4 Å². The smallest absolute Gasteiger partial charge is 0.272 e. The molecule has 0 aliphatic carbocycles. The highest BCUT2D eigenvalue weighted by molar-refractivity contribution is 6.39. The predicted octanol–water partition coefficient (Wildman–Crippen LogP) is 2.73. The summed E-state index contributed by atoms with van der Waals surface area (Å²) in [5, 5.41) is 14.5. The first-order chi connectivity index (χ1) is 8.09. The van der Waals surface area contributed by atoms with Crippen LogP contribution in [0.5, 0.6) is 0 Å². The molecule has 0 atom stereocenters. The topological polar surface area (TPSA) is 58.4 Å². The summed E-state index contributed by atoms with van der Waals surface area (Å²) in [6.45, 7) is 3.28. The Bertz CT molecular complexity index is 427. The number of nitro groups is 1. The number of nitro benzene ring substituents is 1. The Hall–Kier alpha value is -0.750. The van der Waals surface area contributed by atoms with E-state index < -0.39 is 4.92 Å². The Morgan fingerprint density at radius 2 is 1.72 bits per heavy atom. The first kappa shape index (κ1) is 15.3. The quantitative estimate of drug-likeness (QED) is 0.674. The molecule has 0 radical (unpaired) electrons. The third-order valence-electron chi connectivity index (χ3n) is 2.65. The summed E-state index contributed by atoms with van der Waals surface area (Å²) in [6.07, 6.45) is 0. The third-order valence-corrected chi connectivity index (χ3v) is 3.22. The molecular formula is C10H12Cl3N3O2. The first-order valence-corrected chi connectivity index (χ1v) is 5.94. The maximum absolute atomic E-state index is 10.7. The van der Waals surface area contributed by atoms with Crippen molar-refractivity contribution in [1.82, 2.24) is 5.32 Å². The Labute approximate surface area is 121 Å². The maximum Gasteiger partial charge on any atom is 0.272 e. The van der Waals surface area contributed by atoms with Gasteiger partial charge in [-0.1, -0.05) is 23.2 Å². The second-order valence-electron chi connectivity index (χ2n) is 3.75. The van der Waals surface area contributed by atoms with Gasteiger partial charge in [0.25, 0.3) is 5.69 Å². The summed E-state index contributed by atoms with van der Waals surface area (Å²) in [7, 11) is 0. The van der Waals surface area contributed by atoms with Crippen LogP contribution in [0.3, 0.4) is 0 Å². The van der Waals surface area contributed by atoms with Gasteiger partial charge in [0.15, 0.2) is 0 Å². The van der Waals surface area contributed by atoms with E-state index in [9.17, 15) is 10.1 Å². The standard InChI is InChI=1S/C10H11Cl2N3O2.ClH/c11-8-5-7(15(16)17)6-9(12)10(8)14-3-1-13-2-4-14;/h5-6,13H,1-4H2;1H. The fourth-order valence-electron chi connectivity index (χ4n) is 1.85. The highest BCUT2D eigenvalue weighted by Gasteiger charge is 2.20. The molecule has 0 bridgehead atoms. The molecule has 1 aromatic rings. The van der Waals surface area contributed by atoms with Gasteiger partial charge in [-0.25, -0.2) is 0 Å². The maximum atomic E-state index is 10.7. The molecule has 0 aromatic heterocycles. The summed E-state index contributed by atoms with van der Waals surface area (Å²) >= 11 is 12.1. The minimum atomic E-state index is -0.501. The SMILES string of the molecule is Cl.O=[N+]([O-])c1cc(Cl)c(N2CCNCC2)c(Cl)c1. The fourth-order valence-corrected chi connectivity index (χ4v) is 2.56. The monoisotopic (exact) mass is 311 g/mol. The van der Waals surface area contributed by atoms with Crippen molar-refractivity contribution in [1.29, 1.82) is 0 Å². The number of hydrogen-bond donors (Lipinski definition) is 1. The van der Waals surface area contributed by atoms with Crippen LogP contribution in [0, 0.1) is 10.1 Å². The number of piperazine rings is 1. The van der Waals surface area contributed by atoms with Crippen LogP contribution in [0.15, 0.2) is 12.1 Å². The van der Waals surface area contributed by atoms with E-state index in [-0.39, 0.29) is 18.1 Å². The molecule has 1 fully saturated rings. The van der Waals surface area contributed by atoms with Crippen molar-refractivity contribution in [2.45, 2.75) is 0 Å². The van der Waals surface area contributed by atoms with Gasteiger partial charge in [0, 0.05) is 38.3 Å². The molecule has 0 unspecified atom stereocenters. The summed E-state index contributed by atoms with van der Waals surface area (Å²) in [6, 6.07) is 2.68. The van der Waals surface area contributed by atoms with E-state index in [2.05, 4.69) is 5.32 Å². The van der Waals surface area contributed by atoms with Crippen LogP contribution in [0.2, 0.25) is 10.0 Å². The Balaban J connectivity index is 0.00000162. The van der Waals surface area contributed by atoms with Gasteiger partial charge in [0.05, 0.1) is 20.7 Å². The molecule has 8 heteroatoms. The third kappa shape index (κ3) is 3.17. The lowest BCUT2D eigenvalue weighted by atomic mass is 10.2. The highest BCUT2D eigenvalue weighted by Crippen LogP contribution is 2.37. The second-order valence-corrected chi connectivity index (χ2v) is 4.57. The van der Waals surface area contributed by atoms with Gasteiger partial charge in [-0.05, 0) is 0 Å². The van der Waals surface area contributed by atoms with Crippen LogP contribution in [-0.2, 0) is 0 Å². The van der Waals surface area contributed by atoms with Gasteiger partial charge in [0.1, 0.15) is 0 Å². The number of benzene rings is 1. The van der Waals surface area contributed by atoms with Gasteiger partial charge in [0.2, 0.25) is 0 Å². The zero-order chi connectivity index (χ0) is 12.4. The Morgan fingerprint density at radius 1 is 1.22 bits per heavy atom. The molecule has 1 aromatic carbocycles. The summed E-state index contributed by atoms with van der Waals surface area (Å²) in [5.74, 6) is 0. The van der Waals surface area contributed by atoms with E-state index in [4.69, 9.17) is 23.2 Å². The Morgan fingerprint density at radius 3 is 2.17 bits per heavy atom. The van der Waals surface area contributed by atoms with Crippen molar-refractivity contribution in [3.05, 3.63) is 32.3 Å². The number of non-ortho nitro benzene ring substituents is 1. The zero-order valence-electron chi connectivity index (χ0n) is 9.36. The number of halogens is 3. The van der Waals surface area contributed by atoms with Crippen molar-refractivity contribution in [3.63, 3.8) is 0 Å². The summed E-state index contributed by atoms with van der Waals surface area (Å²) in [5.41, 5.74) is 0.597. The summed E-state index contributed by atoms with van der Waals surface area (Å²) in [4.78, 5) is 12.2. The van der Waals surface area contributed by atoms with Crippen molar-refractivity contribution in [2.24, 2.45) is 0 Å². The largest absolute Gasteiger partial charge is 0.367 e. The minimum Gasteiger partial charge on any atom is -0.367 e. The van der Waals surface area contributed by atoms with E-state index in [1.54, 1.807) is 0 Å². The highest BCUT2D eigenvalue weighted by atomic mass is 35.5. The van der Waals surface area contributed by atoms with Crippen LogP contribution < -0.4 is 10.2 Å². The molecule has 1 saturated heterocycles. The average Bonchev–Trinajstić information content (AvgIpc) is 2.29. The lowest BCUT2D eigenvalue weighted by Gasteiger charge is -2.30. The first-order valence-electron chi connectivity index (χ1n) is 5.18. The van der Waals surface area contributed by atoms with Crippen molar-refractivity contribution >= 4 is 47.0 Å². The van der Waals surface area contributed by atoms with Crippen LogP contribution in [0.4, 0.5) is 11.4 Å². The number of hydrogen-bond acceptors (Lipinski definition) is 4. The van der Waals surface area contributed by atoms with Crippen molar-refractivity contribution < 1.29 is 4.92 Å². The molecule has 1 N–H and O–H groups in total. The molecule has 0 saturated carbocycles. The van der Waals surface area contributed by atoms with Crippen LogP contribution in [0.1, 0.15) is 0 Å². The average molecular weight is 313 g/mol. The molecule has 18 heavy (non-hydrogen) atoms. The number of nitrogens with zero attached hydrogens (tertiary/aromatic N) is 2. The molecule has 0 spiro atoms. The number of rotatable bonds is 2. The van der Waals surface area contributed by atoms with E-state index in [1.165, 1.54) is 12.1 Å². The van der Waals surface area contributed by atoms with Gasteiger partial charge < -0.3 is 10.2 Å². The van der Waals surface area contributed by atoms with Gasteiger partial charge >= 0.3 is 0 Å². The normalized spacial score (nSPS) is 15.1. The molecule has 0 amide bonds. The molecule has 1 aliphatic rings. The van der Waals surface area contributed by atoms with Crippen molar-refractivity contribution in [3.8, 4) is 0 Å². The minimum absolute atomic E-state index is 0.